The fraction of sp³-hybridized carbons (Fsp3) is 0.0152. The van der Waals surface area contributed by atoms with Gasteiger partial charge in [0.15, 0.2) is 17.5 Å². The highest BCUT2D eigenvalue weighted by Gasteiger charge is 2.17. The van der Waals surface area contributed by atoms with Gasteiger partial charge in [0.2, 0.25) is 0 Å². The van der Waals surface area contributed by atoms with Gasteiger partial charge in [0.05, 0.1) is 12.0 Å². The summed E-state index contributed by atoms with van der Waals surface area (Å²) in [5.74, 6) is 3.28. The van der Waals surface area contributed by atoms with Crippen molar-refractivity contribution < 1.29 is 0 Å². The summed E-state index contributed by atoms with van der Waals surface area (Å²) < 4.78 is 0. The summed E-state index contributed by atoms with van der Waals surface area (Å²) in [4.78, 5) is 24.8. The maximum absolute atomic E-state index is 5.12. The van der Waals surface area contributed by atoms with E-state index in [1.54, 1.807) is 0 Å². The SMILES string of the molecule is c1ccc(C2=NC(c3ccc4ccccc4c3)[N-]C(c3ccc(-c4ccc5c(-c6cccc7cc(-c8ccc(-c9nc(-c%10ccccc%10)nc(-c%10ccccc%10)n9)cc8)ccc67)cccc5c4)cc3)=N2)cc1. The highest BCUT2D eigenvalue weighted by molar-refractivity contribution is 6.19. The smallest absolute Gasteiger partial charge is 0.164 e. The molecule has 1 unspecified atom stereocenters. The number of amidine groups is 2. The van der Waals surface area contributed by atoms with Gasteiger partial charge in [0, 0.05) is 16.7 Å². The molecule has 1 atom stereocenters. The molecule has 1 aromatic heterocycles. The molecule has 0 spiro atoms. The molecule has 1 aliphatic heterocycles. The van der Waals surface area contributed by atoms with Crippen LogP contribution in [0.15, 0.2) is 265 Å². The highest BCUT2D eigenvalue weighted by Crippen LogP contribution is 2.38. The van der Waals surface area contributed by atoms with Crippen molar-refractivity contribution in [1.29, 1.82) is 0 Å². The molecule has 6 nitrogen and oxygen atoms in total. The number of aliphatic imine (C=N–C) groups is 2. The van der Waals surface area contributed by atoms with Gasteiger partial charge in [-0.1, -0.05) is 242 Å². The van der Waals surface area contributed by atoms with E-state index >= 15 is 0 Å². The molecule has 0 bridgehead atoms. The van der Waals surface area contributed by atoms with Crippen LogP contribution in [0.1, 0.15) is 22.9 Å². The lowest BCUT2D eigenvalue weighted by Gasteiger charge is -2.32. The van der Waals surface area contributed by atoms with Gasteiger partial charge < -0.3 is 10.3 Å². The van der Waals surface area contributed by atoms with Crippen LogP contribution in [0.3, 0.4) is 0 Å². The van der Waals surface area contributed by atoms with Crippen LogP contribution in [0, 0.1) is 0 Å². The minimum Gasteiger partial charge on any atom is -0.438 e. The summed E-state index contributed by atoms with van der Waals surface area (Å²) in [6, 6.07) is 89.0. The van der Waals surface area contributed by atoms with Gasteiger partial charge in [-0.3, -0.25) is 4.99 Å². The molecule has 0 saturated heterocycles. The zero-order valence-corrected chi connectivity index (χ0v) is 39.0. The van der Waals surface area contributed by atoms with Crippen LogP contribution in [-0.4, -0.2) is 26.6 Å². The van der Waals surface area contributed by atoms with E-state index in [-0.39, 0.29) is 0 Å². The second-order valence-electron chi connectivity index (χ2n) is 18.0. The summed E-state index contributed by atoms with van der Waals surface area (Å²) in [6.07, 6.45) is -0.410. The number of hydrogen-bond donors (Lipinski definition) is 0. The molecule has 0 saturated carbocycles. The maximum atomic E-state index is 5.12. The lowest BCUT2D eigenvalue weighted by atomic mass is 9.91. The number of nitrogens with zero attached hydrogens (tertiary/aromatic N) is 6. The summed E-state index contributed by atoms with van der Waals surface area (Å²) >= 11 is 0. The summed E-state index contributed by atoms with van der Waals surface area (Å²) in [7, 11) is 0. The number of aromatic nitrogens is 3. The minimum absolute atomic E-state index is 0.410. The largest absolute Gasteiger partial charge is 0.438 e. The molecule has 13 rings (SSSR count). The molecule has 72 heavy (non-hydrogen) atoms. The second-order valence-corrected chi connectivity index (χ2v) is 18.0. The molecule has 2 heterocycles. The standard InChI is InChI=1S/C66H43N6/c1-4-15-46(16-5-1)61-67-62(47-17-6-2-7-18-47)69-64(68-61)49-31-26-44(27-32-49)52-36-38-57-54(40-52)22-12-24-59(57)60-25-13-23-55-41-53(37-39-58(55)60)45-28-33-50(34-29-45)65-70-63(48-19-8-3-9-20-48)71-66(72-65)56-35-30-43-14-10-11-21-51(43)42-56/h1-42,66H/q-1. The first-order valence-electron chi connectivity index (χ1n) is 24.2. The van der Waals surface area contributed by atoms with E-state index < -0.39 is 6.17 Å². The number of fused-ring (bicyclic) bond motifs is 3. The number of rotatable bonds is 9. The van der Waals surface area contributed by atoms with Crippen LogP contribution >= 0.6 is 0 Å². The Morgan fingerprint density at radius 2 is 0.722 bits per heavy atom. The predicted molar refractivity (Wildman–Crippen MR) is 297 cm³/mol. The highest BCUT2D eigenvalue weighted by atomic mass is 15.2. The average Bonchev–Trinajstić information content (AvgIpc) is 3.47. The normalized spacial score (nSPS) is 13.4. The van der Waals surface area contributed by atoms with Crippen molar-refractivity contribution >= 4 is 44.0 Å². The first kappa shape index (κ1) is 42.5. The Bertz CT molecular complexity index is 3980. The molecule has 6 heteroatoms. The van der Waals surface area contributed by atoms with Gasteiger partial charge >= 0.3 is 0 Å². The van der Waals surface area contributed by atoms with Crippen LogP contribution < -0.4 is 0 Å². The van der Waals surface area contributed by atoms with Crippen molar-refractivity contribution in [2.75, 3.05) is 0 Å². The lowest BCUT2D eigenvalue weighted by molar-refractivity contribution is 0.880. The Morgan fingerprint density at radius 1 is 0.292 bits per heavy atom. The van der Waals surface area contributed by atoms with E-state index in [2.05, 4.69) is 176 Å². The fourth-order valence-corrected chi connectivity index (χ4v) is 9.76. The Balaban J connectivity index is 0.771. The quantitative estimate of drug-likeness (QED) is 0.145. The molecular formula is C66H43N6-. The van der Waals surface area contributed by atoms with Gasteiger partial charge in [0.1, 0.15) is 0 Å². The zero-order chi connectivity index (χ0) is 47.8. The summed E-state index contributed by atoms with van der Waals surface area (Å²) in [5, 5.41) is 12.2. The third-order valence-corrected chi connectivity index (χ3v) is 13.5. The van der Waals surface area contributed by atoms with Crippen molar-refractivity contribution in [1.82, 2.24) is 15.0 Å². The maximum Gasteiger partial charge on any atom is 0.164 e. The first-order valence-corrected chi connectivity index (χ1v) is 24.2. The summed E-state index contributed by atoms with van der Waals surface area (Å²) in [6.45, 7) is 0. The van der Waals surface area contributed by atoms with Gasteiger partial charge in [-0.2, -0.15) is 0 Å². The van der Waals surface area contributed by atoms with E-state index in [0.717, 1.165) is 61.0 Å². The van der Waals surface area contributed by atoms with Crippen LogP contribution in [0.25, 0.3) is 105 Å². The van der Waals surface area contributed by atoms with Crippen molar-refractivity contribution in [3.63, 3.8) is 0 Å². The second kappa shape index (κ2) is 18.3. The number of benzene rings is 11. The molecular weight excluding hydrogens is 877 g/mol. The fourth-order valence-electron chi connectivity index (χ4n) is 9.76. The van der Waals surface area contributed by atoms with Gasteiger partial charge in [-0.25, -0.2) is 15.0 Å². The monoisotopic (exact) mass is 919 g/mol. The van der Waals surface area contributed by atoms with Gasteiger partial charge in [-0.15, -0.1) is 0 Å². The van der Waals surface area contributed by atoms with Crippen LogP contribution in [0.4, 0.5) is 0 Å². The first-order chi connectivity index (χ1) is 35.6. The zero-order valence-electron chi connectivity index (χ0n) is 39.0. The van der Waals surface area contributed by atoms with Crippen LogP contribution in [0.5, 0.6) is 0 Å². The Labute approximate surface area is 417 Å². The Kier molecular flexibility index (Phi) is 10.8. The predicted octanol–water partition coefficient (Wildman–Crippen LogP) is 16.6. The molecule has 0 amide bonds. The molecule has 0 fully saturated rings. The molecule has 1 aliphatic rings. The Morgan fingerprint density at radius 3 is 1.26 bits per heavy atom. The van der Waals surface area contributed by atoms with Gasteiger partial charge in [-0.05, 0) is 101 Å². The van der Waals surface area contributed by atoms with Crippen molar-refractivity contribution in [3.05, 3.63) is 277 Å². The lowest BCUT2D eigenvalue weighted by Crippen LogP contribution is -2.15. The van der Waals surface area contributed by atoms with E-state index in [0.29, 0.717) is 29.1 Å². The topological polar surface area (TPSA) is 77.5 Å². The molecule has 338 valence electrons. The van der Waals surface area contributed by atoms with E-state index in [1.807, 2.05) is 78.9 Å². The molecule has 0 aliphatic carbocycles. The van der Waals surface area contributed by atoms with Crippen molar-refractivity contribution in [2.45, 2.75) is 6.17 Å². The Hall–Kier alpha value is -9.65. The third kappa shape index (κ3) is 8.27. The van der Waals surface area contributed by atoms with Crippen LogP contribution in [-0.2, 0) is 0 Å². The average molecular weight is 920 g/mol. The third-order valence-electron chi connectivity index (χ3n) is 13.5. The van der Waals surface area contributed by atoms with E-state index in [4.69, 9.17) is 30.3 Å². The molecule has 0 radical (unpaired) electrons. The van der Waals surface area contributed by atoms with Gasteiger partial charge in [0.25, 0.3) is 0 Å². The van der Waals surface area contributed by atoms with Crippen LogP contribution in [0.2, 0.25) is 0 Å². The van der Waals surface area contributed by atoms with E-state index in [9.17, 15) is 0 Å². The minimum atomic E-state index is -0.410. The molecule has 12 aromatic rings. The molecule has 11 aromatic carbocycles. The van der Waals surface area contributed by atoms with Crippen molar-refractivity contribution in [3.8, 4) is 67.5 Å². The molecule has 0 N–H and O–H groups in total. The number of hydrogen-bond acceptors (Lipinski definition) is 5. The summed E-state index contributed by atoms with van der Waals surface area (Å²) in [5.41, 5.74) is 12.7. The van der Waals surface area contributed by atoms with E-state index in [1.165, 1.54) is 38.1 Å². The van der Waals surface area contributed by atoms with Crippen molar-refractivity contribution in [2.24, 2.45) is 9.98 Å².